The molecule has 0 radical (unpaired) electrons. The van der Waals surface area contributed by atoms with Crippen molar-refractivity contribution in [3.8, 4) is 17.6 Å². The van der Waals surface area contributed by atoms with E-state index in [-0.39, 0.29) is 17.1 Å². The molecule has 0 aromatic heterocycles. The van der Waals surface area contributed by atoms with Crippen LogP contribution >= 0.6 is 15.9 Å². The molecule has 2 aromatic rings. The highest BCUT2D eigenvalue weighted by molar-refractivity contribution is 9.10. The number of aromatic hydroxyl groups is 1. The first-order valence-electron chi connectivity index (χ1n) is 7.42. The van der Waals surface area contributed by atoms with Gasteiger partial charge in [0.05, 0.1) is 7.11 Å². The van der Waals surface area contributed by atoms with Crippen molar-refractivity contribution in [2.45, 2.75) is 13.8 Å². The van der Waals surface area contributed by atoms with Gasteiger partial charge in [-0.25, -0.2) is 0 Å². The van der Waals surface area contributed by atoms with Crippen LogP contribution < -0.4 is 10.1 Å². The van der Waals surface area contributed by atoms with Gasteiger partial charge in [-0.2, -0.15) is 5.26 Å². The second-order valence-corrected chi connectivity index (χ2v) is 6.46. The number of nitrogens with one attached hydrogen (secondary N) is 1. The molecule has 0 aliphatic heterocycles. The first-order valence-corrected chi connectivity index (χ1v) is 8.21. The zero-order valence-electron chi connectivity index (χ0n) is 14.1. The van der Waals surface area contributed by atoms with Gasteiger partial charge < -0.3 is 15.2 Å². The highest BCUT2D eigenvalue weighted by atomic mass is 79.9. The van der Waals surface area contributed by atoms with Crippen molar-refractivity contribution >= 4 is 33.6 Å². The second kappa shape index (κ2) is 7.86. The van der Waals surface area contributed by atoms with Crippen molar-refractivity contribution < 1.29 is 14.6 Å². The van der Waals surface area contributed by atoms with Crippen LogP contribution in [0.2, 0.25) is 0 Å². The molecule has 0 aliphatic carbocycles. The lowest BCUT2D eigenvalue weighted by Crippen LogP contribution is -2.13. The minimum atomic E-state index is -0.550. The van der Waals surface area contributed by atoms with Crippen LogP contribution in [-0.2, 0) is 4.79 Å². The van der Waals surface area contributed by atoms with Gasteiger partial charge in [-0.15, -0.1) is 0 Å². The highest BCUT2D eigenvalue weighted by Gasteiger charge is 2.14. The predicted octanol–water partition coefficient (Wildman–Crippen LogP) is 4.33. The molecule has 0 fully saturated rings. The van der Waals surface area contributed by atoms with Crippen LogP contribution in [-0.4, -0.2) is 18.1 Å². The Morgan fingerprint density at radius 2 is 1.88 bits per heavy atom. The topological polar surface area (TPSA) is 82.3 Å². The van der Waals surface area contributed by atoms with Crippen LogP contribution in [0.25, 0.3) is 6.08 Å². The number of halogens is 1. The van der Waals surface area contributed by atoms with E-state index in [2.05, 4.69) is 21.2 Å². The summed E-state index contributed by atoms with van der Waals surface area (Å²) in [6.07, 6.45) is 1.32. The van der Waals surface area contributed by atoms with Gasteiger partial charge in [0, 0.05) is 15.7 Å². The van der Waals surface area contributed by atoms with Crippen molar-refractivity contribution in [1.29, 1.82) is 5.26 Å². The molecule has 128 valence electrons. The normalized spacial score (nSPS) is 10.9. The fourth-order valence-corrected chi connectivity index (χ4v) is 2.86. The predicted molar refractivity (Wildman–Crippen MR) is 100 cm³/mol. The number of benzene rings is 2. The maximum absolute atomic E-state index is 12.4. The second-order valence-electron chi connectivity index (χ2n) is 5.55. The van der Waals surface area contributed by atoms with E-state index in [0.29, 0.717) is 15.7 Å². The summed E-state index contributed by atoms with van der Waals surface area (Å²) in [4.78, 5) is 12.4. The third kappa shape index (κ3) is 4.61. The zero-order chi connectivity index (χ0) is 18.6. The van der Waals surface area contributed by atoms with Gasteiger partial charge in [0.1, 0.15) is 11.6 Å². The SMILES string of the molecule is COc1cc(Br)cc(/C=C(\C#N)C(=O)Nc2cc(C)cc(C)c2)c1O. The first kappa shape index (κ1) is 18.6. The Morgan fingerprint density at radius 1 is 1.24 bits per heavy atom. The molecule has 2 rings (SSSR count). The van der Waals surface area contributed by atoms with E-state index in [0.717, 1.165) is 11.1 Å². The molecule has 2 N–H and O–H groups in total. The largest absolute Gasteiger partial charge is 0.504 e. The number of phenolic OH excluding ortho intramolecular Hbond substituents is 1. The zero-order valence-corrected chi connectivity index (χ0v) is 15.6. The number of anilines is 1. The standard InChI is InChI=1S/C19H17BrN2O3/c1-11-4-12(2)6-16(5-11)22-19(24)14(10-21)7-13-8-15(20)9-17(25-3)18(13)23/h4-9,23H,1-3H3,(H,22,24)/b14-7+. The van der Waals surface area contributed by atoms with Crippen molar-refractivity contribution in [2.75, 3.05) is 12.4 Å². The van der Waals surface area contributed by atoms with E-state index in [1.165, 1.54) is 13.2 Å². The molecular formula is C19H17BrN2O3. The molecule has 25 heavy (non-hydrogen) atoms. The molecule has 0 unspecified atom stereocenters. The molecule has 0 saturated carbocycles. The Balaban J connectivity index is 2.36. The van der Waals surface area contributed by atoms with Crippen LogP contribution in [0, 0.1) is 25.2 Å². The quantitative estimate of drug-likeness (QED) is 0.590. The van der Waals surface area contributed by atoms with Gasteiger partial charge in [-0.1, -0.05) is 22.0 Å². The number of aryl methyl sites for hydroxylation is 2. The van der Waals surface area contributed by atoms with Gasteiger partial charge in [-0.05, 0) is 55.3 Å². The van der Waals surface area contributed by atoms with Gasteiger partial charge >= 0.3 is 0 Å². The van der Waals surface area contributed by atoms with E-state index < -0.39 is 5.91 Å². The van der Waals surface area contributed by atoms with Gasteiger partial charge in [0.2, 0.25) is 0 Å². The summed E-state index contributed by atoms with van der Waals surface area (Å²) in [6.45, 7) is 3.85. The van der Waals surface area contributed by atoms with E-state index in [1.807, 2.05) is 38.1 Å². The Labute approximate surface area is 154 Å². The number of nitriles is 1. The molecule has 0 saturated heterocycles. The molecule has 0 bridgehead atoms. The summed E-state index contributed by atoms with van der Waals surface area (Å²) in [7, 11) is 1.42. The van der Waals surface area contributed by atoms with Crippen LogP contribution in [0.4, 0.5) is 5.69 Å². The fraction of sp³-hybridized carbons (Fsp3) is 0.158. The molecule has 0 aliphatic rings. The van der Waals surface area contributed by atoms with Crippen LogP contribution in [0.3, 0.4) is 0 Å². The summed E-state index contributed by atoms with van der Waals surface area (Å²) in [5.41, 5.74) is 2.80. The number of phenols is 1. The molecular weight excluding hydrogens is 384 g/mol. The lowest BCUT2D eigenvalue weighted by atomic mass is 10.1. The van der Waals surface area contributed by atoms with Crippen molar-refractivity contribution in [1.82, 2.24) is 0 Å². The van der Waals surface area contributed by atoms with Crippen molar-refractivity contribution in [3.05, 3.63) is 57.1 Å². The number of amides is 1. The Hall–Kier alpha value is -2.78. The fourth-order valence-electron chi connectivity index (χ4n) is 2.41. The van der Waals surface area contributed by atoms with Crippen molar-refractivity contribution in [3.63, 3.8) is 0 Å². The van der Waals surface area contributed by atoms with Crippen LogP contribution in [0.1, 0.15) is 16.7 Å². The maximum Gasteiger partial charge on any atom is 0.266 e. The number of hydrogen-bond donors (Lipinski definition) is 2. The molecule has 0 atom stereocenters. The lowest BCUT2D eigenvalue weighted by Gasteiger charge is -2.09. The Kier molecular flexibility index (Phi) is 5.84. The molecule has 2 aromatic carbocycles. The van der Waals surface area contributed by atoms with E-state index in [4.69, 9.17) is 4.74 Å². The third-order valence-corrected chi connectivity index (χ3v) is 3.89. The molecule has 5 nitrogen and oxygen atoms in total. The smallest absolute Gasteiger partial charge is 0.266 e. The lowest BCUT2D eigenvalue weighted by molar-refractivity contribution is -0.112. The number of carbonyl (C=O) groups excluding carboxylic acids is 1. The number of rotatable bonds is 4. The number of ether oxygens (including phenoxy) is 1. The third-order valence-electron chi connectivity index (χ3n) is 3.43. The highest BCUT2D eigenvalue weighted by Crippen LogP contribution is 2.34. The Morgan fingerprint density at radius 3 is 2.44 bits per heavy atom. The van der Waals surface area contributed by atoms with E-state index in [1.54, 1.807) is 12.1 Å². The average molecular weight is 401 g/mol. The average Bonchev–Trinajstić information content (AvgIpc) is 2.53. The van der Waals surface area contributed by atoms with Crippen LogP contribution in [0.5, 0.6) is 11.5 Å². The Bertz CT molecular complexity index is 878. The van der Waals surface area contributed by atoms with Crippen molar-refractivity contribution in [2.24, 2.45) is 0 Å². The van der Waals surface area contributed by atoms with E-state index >= 15 is 0 Å². The minimum Gasteiger partial charge on any atom is -0.504 e. The molecule has 6 heteroatoms. The summed E-state index contributed by atoms with van der Waals surface area (Å²) < 4.78 is 5.72. The number of nitrogens with zero attached hydrogens (tertiary/aromatic N) is 1. The monoisotopic (exact) mass is 400 g/mol. The number of methoxy groups -OCH3 is 1. The summed E-state index contributed by atoms with van der Waals surface area (Å²) in [5.74, 6) is -0.448. The minimum absolute atomic E-state index is 0.130. The summed E-state index contributed by atoms with van der Waals surface area (Å²) >= 11 is 3.30. The first-order chi connectivity index (χ1) is 11.8. The number of hydrogen-bond acceptors (Lipinski definition) is 4. The maximum atomic E-state index is 12.4. The van der Waals surface area contributed by atoms with E-state index in [9.17, 15) is 15.2 Å². The van der Waals surface area contributed by atoms with Crippen LogP contribution in [0.15, 0.2) is 40.4 Å². The summed E-state index contributed by atoms with van der Waals surface area (Å²) in [5, 5.41) is 22.2. The van der Waals surface area contributed by atoms with Gasteiger partial charge in [0.15, 0.2) is 11.5 Å². The van der Waals surface area contributed by atoms with Gasteiger partial charge in [0.25, 0.3) is 5.91 Å². The molecule has 1 amide bonds. The van der Waals surface area contributed by atoms with Gasteiger partial charge in [-0.3, -0.25) is 4.79 Å². The number of carbonyl (C=O) groups is 1. The molecule has 0 heterocycles. The molecule has 0 spiro atoms. The summed E-state index contributed by atoms with van der Waals surface area (Å²) in [6, 6.07) is 10.7.